The number of hydrogen-bond donors (Lipinski definition) is 2. The van der Waals surface area contributed by atoms with E-state index in [0.29, 0.717) is 65.6 Å². The number of rotatable bonds is 8. The molecule has 2 N–H and O–H groups in total. The van der Waals surface area contributed by atoms with Crippen LogP contribution in [0.25, 0.3) is 33.2 Å². The normalized spacial score (nSPS) is 24.9. The number of carbonyl (C=O) groups is 1. The summed E-state index contributed by atoms with van der Waals surface area (Å²) in [6.45, 7) is 5.46. The molecule has 4 aromatic rings. The third kappa shape index (κ3) is 5.78. The number of aromatic hydroxyl groups is 1. The molecule has 0 radical (unpaired) electrons. The Kier molecular flexibility index (Phi) is 8.18. The lowest BCUT2D eigenvalue weighted by Crippen LogP contribution is -2.51. The molecule has 11 nitrogen and oxygen atoms in total. The van der Waals surface area contributed by atoms with Crippen LogP contribution in [0.3, 0.4) is 0 Å². The Hall–Kier alpha value is -4.29. The van der Waals surface area contributed by atoms with Crippen molar-refractivity contribution in [2.45, 2.75) is 75.5 Å². The SMILES string of the molecule is CCc1c(F)ccc2cc(O)cc(-c3ncc4c(N5CC6CCC(C5)N6)cc(OC[C@]56CCCN5[C@@H](COC(=O)N(C)C)CC6)nc4n3)c12. The summed E-state index contributed by atoms with van der Waals surface area (Å²) >= 11 is 0. The first-order valence-corrected chi connectivity index (χ1v) is 17.6. The Balaban J connectivity index is 1.15. The van der Waals surface area contributed by atoms with Gasteiger partial charge in [-0.3, -0.25) is 4.90 Å². The minimum atomic E-state index is -0.321. The molecule has 6 heterocycles. The average Bonchev–Trinajstić information content (AvgIpc) is 3.77. The second-order valence-corrected chi connectivity index (χ2v) is 14.4. The maximum Gasteiger partial charge on any atom is 0.409 e. The second kappa shape index (κ2) is 12.5. The van der Waals surface area contributed by atoms with Crippen molar-refractivity contribution in [2.75, 3.05) is 51.8 Å². The van der Waals surface area contributed by atoms with E-state index in [9.17, 15) is 9.90 Å². The van der Waals surface area contributed by atoms with Crippen LogP contribution < -0.4 is 15.0 Å². The highest BCUT2D eigenvalue weighted by atomic mass is 19.1. The molecule has 4 saturated heterocycles. The number of aromatic nitrogens is 3. The minimum Gasteiger partial charge on any atom is -0.508 e. The van der Waals surface area contributed by atoms with Gasteiger partial charge in [-0.1, -0.05) is 13.0 Å². The standard InChI is InChI=1S/C37H44FN7O4/c1-4-27-30(38)9-6-22-14-26(46)15-28(33(22)27)34-39-17-29-31(44-18-23-7-8-24(19-44)40-23)16-32(41-35(29)42-34)49-21-37-11-5-13-45(37)25(10-12-37)20-48-36(47)43(2)3/h6,9,14-17,23-25,40,46H,4-5,7-8,10-13,18-21H2,1-3H3/t23?,24?,25-,37-/m1/s1. The zero-order valence-corrected chi connectivity index (χ0v) is 28.4. The Labute approximate surface area is 285 Å². The van der Waals surface area contributed by atoms with Crippen molar-refractivity contribution in [1.29, 1.82) is 0 Å². The summed E-state index contributed by atoms with van der Waals surface area (Å²) in [6.07, 6.45) is 8.26. The highest BCUT2D eigenvalue weighted by Crippen LogP contribution is 2.43. The monoisotopic (exact) mass is 669 g/mol. The zero-order valence-electron chi connectivity index (χ0n) is 28.4. The number of piperazine rings is 1. The number of halogens is 1. The molecule has 2 unspecified atom stereocenters. The maximum atomic E-state index is 15.0. The molecule has 1 amide bonds. The zero-order chi connectivity index (χ0) is 33.9. The molecule has 2 bridgehead atoms. The number of aryl methyl sites for hydroxylation is 1. The highest BCUT2D eigenvalue weighted by molar-refractivity contribution is 6.00. The van der Waals surface area contributed by atoms with Gasteiger partial charge in [0.2, 0.25) is 5.88 Å². The molecule has 12 heteroatoms. The van der Waals surface area contributed by atoms with Crippen molar-refractivity contribution in [3.8, 4) is 23.0 Å². The number of phenolic OH excluding ortho intramolecular Hbond substituents is 1. The van der Waals surface area contributed by atoms with Gasteiger partial charge in [0, 0.05) is 63.1 Å². The molecule has 4 aliphatic rings. The van der Waals surface area contributed by atoms with Gasteiger partial charge in [0.15, 0.2) is 11.5 Å². The molecular weight excluding hydrogens is 625 g/mol. The molecule has 4 aliphatic heterocycles. The summed E-state index contributed by atoms with van der Waals surface area (Å²) in [4.78, 5) is 33.2. The van der Waals surface area contributed by atoms with Crippen LogP contribution in [-0.4, -0.2) is 107 Å². The molecule has 258 valence electrons. The molecule has 0 aliphatic carbocycles. The molecule has 4 fully saturated rings. The van der Waals surface area contributed by atoms with Gasteiger partial charge in [0.25, 0.3) is 0 Å². The fourth-order valence-electron chi connectivity index (χ4n) is 8.75. The van der Waals surface area contributed by atoms with Crippen molar-refractivity contribution in [2.24, 2.45) is 0 Å². The van der Waals surface area contributed by atoms with E-state index in [1.807, 2.05) is 19.2 Å². The van der Waals surface area contributed by atoms with E-state index in [2.05, 4.69) is 15.1 Å². The number of amides is 1. The first-order chi connectivity index (χ1) is 23.7. The van der Waals surface area contributed by atoms with Gasteiger partial charge in [-0.25, -0.2) is 19.2 Å². The summed E-state index contributed by atoms with van der Waals surface area (Å²) in [5.74, 6) is 0.644. The van der Waals surface area contributed by atoms with E-state index in [4.69, 9.17) is 24.4 Å². The molecule has 8 rings (SSSR count). The molecule has 0 spiro atoms. The van der Waals surface area contributed by atoms with Crippen molar-refractivity contribution < 1.29 is 23.8 Å². The summed E-state index contributed by atoms with van der Waals surface area (Å²) in [5, 5.41) is 16.6. The topological polar surface area (TPSA) is 116 Å². The number of nitrogens with one attached hydrogen (secondary N) is 1. The van der Waals surface area contributed by atoms with Gasteiger partial charge in [0.1, 0.15) is 24.8 Å². The molecular formula is C37H44FN7O4. The Morgan fingerprint density at radius 2 is 1.94 bits per heavy atom. The van der Waals surface area contributed by atoms with Gasteiger partial charge in [-0.2, -0.15) is 4.98 Å². The van der Waals surface area contributed by atoms with Crippen LogP contribution >= 0.6 is 0 Å². The number of benzene rings is 2. The molecule has 2 aromatic heterocycles. The van der Waals surface area contributed by atoms with Gasteiger partial charge < -0.3 is 29.7 Å². The first kappa shape index (κ1) is 31.9. The lowest BCUT2D eigenvalue weighted by atomic mass is 9.95. The quantitative estimate of drug-likeness (QED) is 0.257. The Morgan fingerprint density at radius 3 is 2.71 bits per heavy atom. The van der Waals surface area contributed by atoms with E-state index >= 15 is 4.39 Å². The number of nitrogens with zero attached hydrogens (tertiary/aromatic N) is 6. The molecule has 4 atom stereocenters. The van der Waals surface area contributed by atoms with Gasteiger partial charge in [0.05, 0.1) is 16.6 Å². The lowest BCUT2D eigenvalue weighted by Gasteiger charge is -2.36. The summed E-state index contributed by atoms with van der Waals surface area (Å²) in [7, 11) is 3.39. The largest absolute Gasteiger partial charge is 0.508 e. The number of ether oxygens (including phenoxy) is 2. The van der Waals surface area contributed by atoms with Gasteiger partial charge in [-0.05, 0) is 86.0 Å². The number of fused-ring (bicyclic) bond motifs is 5. The predicted octanol–water partition coefficient (Wildman–Crippen LogP) is 5.27. The third-order valence-corrected chi connectivity index (χ3v) is 11.1. The fourth-order valence-corrected chi connectivity index (χ4v) is 8.75. The van der Waals surface area contributed by atoms with Crippen molar-refractivity contribution >= 4 is 33.6 Å². The van der Waals surface area contributed by atoms with Gasteiger partial charge in [-0.15, -0.1) is 0 Å². The van der Waals surface area contributed by atoms with E-state index in [0.717, 1.165) is 74.6 Å². The molecule has 49 heavy (non-hydrogen) atoms. The van der Waals surface area contributed by atoms with E-state index < -0.39 is 0 Å². The number of hydrogen-bond acceptors (Lipinski definition) is 10. The van der Waals surface area contributed by atoms with Crippen LogP contribution in [0.1, 0.15) is 51.0 Å². The fraction of sp³-hybridized carbons (Fsp3) is 0.514. The lowest BCUT2D eigenvalue weighted by molar-refractivity contribution is 0.0494. The Morgan fingerprint density at radius 1 is 1.12 bits per heavy atom. The third-order valence-electron chi connectivity index (χ3n) is 11.1. The summed E-state index contributed by atoms with van der Waals surface area (Å²) in [6, 6.07) is 9.43. The maximum absolute atomic E-state index is 15.0. The smallest absolute Gasteiger partial charge is 0.409 e. The van der Waals surface area contributed by atoms with Crippen molar-refractivity contribution in [1.82, 2.24) is 30.1 Å². The molecule has 2 aromatic carbocycles. The summed E-state index contributed by atoms with van der Waals surface area (Å²) in [5.41, 5.74) is 2.47. The van der Waals surface area contributed by atoms with Crippen LogP contribution in [0.4, 0.5) is 14.9 Å². The second-order valence-electron chi connectivity index (χ2n) is 14.4. The Bertz CT molecular complexity index is 1910. The van der Waals surface area contributed by atoms with Crippen LogP contribution in [0.15, 0.2) is 36.5 Å². The number of carbonyl (C=O) groups excluding carboxylic acids is 1. The average molecular weight is 670 g/mol. The summed E-state index contributed by atoms with van der Waals surface area (Å²) < 4.78 is 27.3. The van der Waals surface area contributed by atoms with Crippen LogP contribution in [-0.2, 0) is 11.2 Å². The molecule has 0 saturated carbocycles. The van der Waals surface area contributed by atoms with Crippen LogP contribution in [0, 0.1) is 5.82 Å². The van der Waals surface area contributed by atoms with Crippen molar-refractivity contribution in [3.63, 3.8) is 0 Å². The van der Waals surface area contributed by atoms with Crippen molar-refractivity contribution in [3.05, 3.63) is 47.9 Å². The van der Waals surface area contributed by atoms with Gasteiger partial charge >= 0.3 is 6.09 Å². The number of anilines is 1. The number of pyridine rings is 1. The van der Waals surface area contributed by atoms with E-state index in [1.54, 1.807) is 32.3 Å². The van der Waals surface area contributed by atoms with Crippen LogP contribution in [0.5, 0.6) is 11.6 Å². The predicted molar refractivity (Wildman–Crippen MR) is 186 cm³/mol. The highest BCUT2D eigenvalue weighted by Gasteiger charge is 2.50. The van der Waals surface area contributed by atoms with E-state index in [1.165, 1.54) is 11.0 Å². The van der Waals surface area contributed by atoms with E-state index in [-0.39, 0.29) is 29.2 Å². The minimum absolute atomic E-state index is 0.0635. The van der Waals surface area contributed by atoms with Crippen LogP contribution in [0.2, 0.25) is 0 Å². The number of phenols is 1. The first-order valence-electron chi connectivity index (χ1n) is 17.6.